The summed E-state index contributed by atoms with van der Waals surface area (Å²) in [7, 11) is 2.62. The van der Waals surface area contributed by atoms with E-state index in [-0.39, 0.29) is 39.8 Å². The summed E-state index contributed by atoms with van der Waals surface area (Å²) in [6.07, 6.45) is 8.49. The van der Waals surface area contributed by atoms with Gasteiger partial charge in [-0.2, -0.15) is 0 Å². The van der Waals surface area contributed by atoms with Gasteiger partial charge in [0.15, 0.2) is 0 Å². The molecule has 0 radical (unpaired) electrons. The molecule has 1 aromatic heterocycles. The number of nitrogens with one attached hydrogen (secondary N) is 3. The zero-order valence-electron chi connectivity index (χ0n) is 38.1. The van der Waals surface area contributed by atoms with Crippen LogP contribution in [0, 0.1) is 17.3 Å². The molecule has 13 nitrogen and oxygen atoms in total. The van der Waals surface area contributed by atoms with E-state index in [0.29, 0.717) is 19.5 Å². The number of H-pyrrole nitrogens is 1. The van der Waals surface area contributed by atoms with Gasteiger partial charge in [-0.05, 0) is 94.0 Å². The number of carbonyl (C=O) groups is 4. The first-order chi connectivity index (χ1) is 31.4. The normalized spacial score (nSPS) is 20.5. The highest BCUT2D eigenvalue weighted by molar-refractivity contribution is 8.00. The molecule has 4 atom stereocenters. The molecular formula is C50H59N7O6S2. The molecule has 4 aromatic rings. The number of ether oxygens (including phenoxy) is 2. The van der Waals surface area contributed by atoms with Crippen molar-refractivity contribution in [2.75, 3.05) is 38.8 Å². The summed E-state index contributed by atoms with van der Waals surface area (Å²) in [6.45, 7) is 8.87. The van der Waals surface area contributed by atoms with Crippen LogP contribution in [0.25, 0.3) is 33.5 Å². The lowest BCUT2D eigenvalue weighted by Gasteiger charge is -2.30. The van der Waals surface area contributed by atoms with E-state index in [9.17, 15) is 19.2 Å². The highest BCUT2D eigenvalue weighted by Gasteiger charge is 2.43. The van der Waals surface area contributed by atoms with E-state index in [1.54, 1.807) is 23.5 Å². The van der Waals surface area contributed by atoms with Crippen molar-refractivity contribution in [3.63, 3.8) is 0 Å². The maximum atomic E-state index is 13.8. The Morgan fingerprint density at radius 3 is 1.91 bits per heavy atom. The molecule has 1 saturated carbocycles. The number of amides is 4. The molecule has 15 heteroatoms. The number of methoxy groups -OCH3 is 2. The highest BCUT2D eigenvalue weighted by Crippen LogP contribution is 2.53. The van der Waals surface area contributed by atoms with Crippen LogP contribution >= 0.6 is 23.5 Å². The minimum absolute atomic E-state index is 0.0953. The second-order valence-corrected chi connectivity index (χ2v) is 21.2. The summed E-state index contributed by atoms with van der Waals surface area (Å²) in [4.78, 5) is 69.1. The maximum Gasteiger partial charge on any atom is 0.407 e. The van der Waals surface area contributed by atoms with Crippen LogP contribution in [-0.4, -0.2) is 106 Å². The lowest BCUT2D eigenvalue weighted by molar-refractivity contribution is -0.135. The molecule has 3 N–H and O–H groups in total. The van der Waals surface area contributed by atoms with E-state index >= 15 is 0 Å². The van der Waals surface area contributed by atoms with E-state index in [4.69, 9.17) is 19.5 Å². The summed E-state index contributed by atoms with van der Waals surface area (Å²) >= 11 is 3.41. The van der Waals surface area contributed by atoms with Gasteiger partial charge in [0, 0.05) is 36.6 Å². The molecule has 3 aromatic carbocycles. The van der Waals surface area contributed by atoms with Crippen molar-refractivity contribution >= 4 is 58.9 Å². The number of imidazole rings is 1. The molecule has 3 aliphatic heterocycles. The average Bonchev–Trinajstić information content (AvgIpc) is 4.17. The largest absolute Gasteiger partial charge is 0.453 e. The molecule has 4 amide bonds. The summed E-state index contributed by atoms with van der Waals surface area (Å²) in [5.74, 6) is 1.88. The van der Waals surface area contributed by atoms with Gasteiger partial charge >= 0.3 is 12.2 Å². The fraction of sp³-hybridized carbons (Fsp3) is 0.480. The van der Waals surface area contributed by atoms with Gasteiger partial charge in [-0.1, -0.05) is 83.0 Å². The van der Waals surface area contributed by atoms with E-state index in [0.717, 1.165) is 64.0 Å². The highest BCUT2D eigenvalue weighted by atomic mass is 32.2. The predicted molar refractivity (Wildman–Crippen MR) is 257 cm³/mol. The fourth-order valence-corrected chi connectivity index (χ4v) is 13.0. The van der Waals surface area contributed by atoms with Gasteiger partial charge in [-0.25, -0.2) is 14.6 Å². The monoisotopic (exact) mass is 917 g/mol. The number of nitrogens with zero attached hydrogens (tertiary/aromatic N) is 4. The number of aromatic nitrogens is 2. The Balaban J connectivity index is 0.932. The lowest BCUT2D eigenvalue weighted by atomic mass is 9.82. The average molecular weight is 918 g/mol. The second kappa shape index (κ2) is 18.5. The fourth-order valence-electron chi connectivity index (χ4n) is 10.5. The zero-order chi connectivity index (χ0) is 45.6. The minimum atomic E-state index is -0.697. The van der Waals surface area contributed by atoms with Gasteiger partial charge in [0.05, 0.1) is 37.5 Å². The Labute approximate surface area is 389 Å². The van der Waals surface area contributed by atoms with Crippen molar-refractivity contribution < 1.29 is 28.7 Å². The topological polar surface area (TPSA) is 158 Å². The molecule has 0 bridgehead atoms. The molecule has 4 heterocycles. The maximum absolute atomic E-state index is 13.8. The lowest BCUT2D eigenvalue weighted by Crippen LogP contribution is -2.53. The van der Waals surface area contributed by atoms with Crippen molar-refractivity contribution in [3.05, 3.63) is 83.3 Å². The molecule has 1 spiro atoms. The van der Waals surface area contributed by atoms with Crippen molar-refractivity contribution in [2.24, 2.45) is 22.2 Å². The van der Waals surface area contributed by atoms with Gasteiger partial charge in [-0.15, -0.1) is 23.5 Å². The Kier molecular flexibility index (Phi) is 12.8. The molecule has 9 rings (SSSR count). The molecule has 3 fully saturated rings. The Bertz CT molecular complexity index is 2510. The third-order valence-electron chi connectivity index (χ3n) is 14.0. The number of alkyl carbamates (subject to hydrolysis) is 2. The summed E-state index contributed by atoms with van der Waals surface area (Å²) in [6, 6.07) is 18.6. The minimum Gasteiger partial charge on any atom is -0.453 e. The van der Waals surface area contributed by atoms with Gasteiger partial charge in [0.1, 0.15) is 28.7 Å². The van der Waals surface area contributed by atoms with E-state index in [1.807, 2.05) is 43.7 Å². The second-order valence-electron chi connectivity index (χ2n) is 18.8. The number of hydrogen-bond acceptors (Lipinski definition) is 10. The van der Waals surface area contributed by atoms with Crippen LogP contribution in [0.15, 0.2) is 65.8 Å². The molecule has 342 valence electrons. The van der Waals surface area contributed by atoms with Crippen molar-refractivity contribution in [1.29, 1.82) is 0 Å². The van der Waals surface area contributed by atoms with Gasteiger partial charge in [0.2, 0.25) is 11.8 Å². The van der Waals surface area contributed by atoms with Gasteiger partial charge in [-0.3, -0.25) is 14.6 Å². The number of aliphatic imine (C=N–C) groups is 1. The van der Waals surface area contributed by atoms with Crippen LogP contribution in [0.2, 0.25) is 0 Å². The van der Waals surface area contributed by atoms with Crippen LogP contribution in [-0.2, 0) is 38.3 Å². The number of rotatable bonds is 11. The first-order valence-corrected chi connectivity index (χ1v) is 25.0. The van der Waals surface area contributed by atoms with Crippen molar-refractivity contribution in [3.8, 4) is 33.5 Å². The third-order valence-corrected chi connectivity index (χ3v) is 16.5. The smallest absolute Gasteiger partial charge is 0.407 e. The summed E-state index contributed by atoms with van der Waals surface area (Å²) < 4.78 is 9.64. The van der Waals surface area contributed by atoms with Gasteiger partial charge in [0.25, 0.3) is 0 Å². The first-order valence-electron chi connectivity index (χ1n) is 22.9. The van der Waals surface area contributed by atoms with Gasteiger partial charge < -0.3 is 34.9 Å². The van der Waals surface area contributed by atoms with Crippen molar-refractivity contribution in [2.45, 2.75) is 95.5 Å². The van der Waals surface area contributed by atoms with E-state index < -0.39 is 24.3 Å². The zero-order valence-corrected chi connectivity index (χ0v) is 39.7. The number of fused-ring (bicyclic) bond motifs is 2. The van der Waals surface area contributed by atoms with Crippen LogP contribution in [0.4, 0.5) is 15.3 Å². The Morgan fingerprint density at radius 2 is 1.29 bits per heavy atom. The van der Waals surface area contributed by atoms with Crippen LogP contribution in [0.1, 0.15) is 81.3 Å². The van der Waals surface area contributed by atoms with E-state index in [2.05, 4.69) is 70.2 Å². The Morgan fingerprint density at radius 1 is 0.738 bits per heavy atom. The number of hydrogen-bond donors (Lipinski definition) is 3. The molecule has 0 unspecified atom stereocenters. The first kappa shape index (κ1) is 44.9. The molecule has 2 aliphatic carbocycles. The summed E-state index contributed by atoms with van der Waals surface area (Å²) in [5, 5.41) is 5.02. The van der Waals surface area contributed by atoms with Crippen LogP contribution in [0.5, 0.6) is 0 Å². The molecule has 5 aliphatic rings. The quantitative estimate of drug-likeness (QED) is 0.134. The van der Waals surface area contributed by atoms with E-state index in [1.165, 1.54) is 67.7 Å². The Hall–Kier alpha value is -5.28. The number of carbonyl (C=O) groups excluding carboxylic acids is 4. The standard InChI is InChI=1S/C50H59N7O6S2/c1-28(2)41(54-48(60)62-5)44(58)56-19-21-64-46(56)39-24-33-23-32(13-16-38(33)52-39)30-9-11-31(12-10-30)34-14-15-35(37-26-50(25-36(34)37)17-7-8-18-50)40-27-51-43(53-40)47-57(20-22-65-47)45(59)42(29(3)4)55-49(61)63-6/h9-16,23,27-29,41-42,46-47H,7-8,17-22,24-26H2,1-6H3,(H,51,53)(H,54,60)(H,55,61)/t41-,42-,46-,47-/m0/s1. The third kappa shape index (κ3) is 8.78. The number of aromatic amines is 1. The van der Waals surface area contributed by atoms with Crippen LogP contribution < -0.4 is 10.6 Å². The number of thioether (sulfide) groups is 2. The SMILES string of the molecule is COC(=O)N[C@H](C(=O)N1CCS[C@H]1C1=Nc2ccc(-c3ccc(-c4ccc(-c5cnc([C@@H]6SCCN6C(=O)[C@@H](NC(=O)OC)C(C)C)[nH]5)c5c4CC4(CCCC4)C5)cc3)cc2C1)C(C)C. The molecule has 2 saturated heterocycles. The number of benzene rings is 3. The molecular weight excluding hydrogens is 859 g/mol. The van der Waals surface area contributed by atoms with Crippen LogP contribution in [0.3, 0.4) is 0 Å². The van der Waals surface area contributed by atoms with Crippen molar-refractivity contribution in [1.82, 2.24) is 30.4 Å². The molecule has 65 heavy (non-hydrogen) atoms. The summed E-state index contributed by atoms with van der Waals surface area (Å²) in [5.41, 5.74) is 13.0. The predicted octanol–water partition coefficient (Wildman–Crippen LogP) is 8.94.